The zero-order chi connectivity index (χ0) is 21.6. The number of ether oxygens (including phenoxy) is 1. The lowest BCUT2D eigenvalue weighted by atomic mass is 9.94. The van der Waals surface area contributed by atoms with Crippen molar-refractivity contribution in [1.82, 2.24) is 9.88 Å². The Bertz CT molecular complexity index is 1190. The molecule has 9 heteroatoms. The summed E-state index contributed by atoms with van der Waals surface area (Å²) in [5.74, 6) is -7.71. The van der Waals surface area contributed by atoms with Crippen LogP contribution in [-0.4, -0.2) is 29.4 Å². The molecule has 3 aromatic rings. The molecule has 5 nitrogen and oxygen atoms in total. The highest BCUT2D eigenvalue weighted by atomic mass is 19.3. The molecule has 0 saturated carbocycles. The monoisotopic (exact) mass is 420 g/mol. The number of pyridine rings is 1. The second kappa shape index (κ2) is 7.24. The lowest BCUT2D eigenvalue weighted by molar-refractivity contribution is -0.162. The van der Waals surface area contributed by atoms with Gasteiger partial charge in [0.1, 0.15) is 0 Å². The number of benzene rings is 2. The molecule has 30 heavy (non-hydrogen) atoms. The zero-order valence-corrected chi connectivity index (χ0v) is 15.7. The topological polar surface area (TPSA) is 62.4 Å². The van der Waals surface area contributed by atoms with Gasteiger partial charge >= 0.3 is 5.92 Å². The van der Waals surface area contributed by atoms with E-state index in [2.05, 4.69) is 4.98 Å². The summed E-state index contributed by atoms with van der Waals surface area (Å²) in [5, 5.41) is -0.0983. The van der Waals surface area contributed by atoms with Gasteiger partial charge in [-0.2, -0.15) is 8.78 Å². The Balaban J connectivity index is 1.83. The highest BCUT2D eigenvalue weighted by Crippen LogP contribution is 2.37. The number of hydrogen-bond donors (Lipinski definition) is 1. The van der Waals surface area contributed by atoms with E-state index in [4.69, 9.17) is 4.74 Å². The minimum absolute atomic E-state index is 0.0450. The van der Waals surface area contributed by atoms with Crippen LogP contribution in [0.4, 0.5) is 17.6 Å². The summed E-state index contributed by atoms with van der Waals surface area (Å²) in [5.41, 5.74) is -0.680. The Hall–Kier alpha value is -3.20. The van der Waals surface area contributed by atoms with Gasteiger partial charge in [-0.3, -0.25) is 9.59 Å². The second-order valence-electron chi connectivity index (χ2n) is 7.05. The number of carbonyl (C=O) groups excluding carboxylic acids is 1. The van der Waals surface area contributed by atoms with Gasteiger partial charge in [0.25, 0.3) is 11.5 Å². The van der Waals surface area contributed by atoms with E-state index < -0.39 is 40.6 Å². The number of nitrogens with one attached hydrogen (secondary N) is 1. The van der Waals surface area contributed by atoms with Crippen LogP contribution >= 0.6 is 0 Å². The van der Waals surface area contributed by atoms with Gasteiger partial charge in [0, 0.05) is 23.9 Å². The molecule has 0 bridgehead atoms. The van der Waals surface area contributed by atoms with Gasteiger partial charge in [-0.05, 0) is 17.5 Å². The van der Waals surface area contributed by atoms with Crippen molar-refractivity contribution in [2.45, 2.75) is 18.6 Å². The van der Waals surface area contributed by atoms with Crippen LogP contribution in [-0.2, 0) is 22.1 Å². The van der Waals surface area contributed by atoms with E-state index in [1.165, 1.54) is 19.2 Å². The Kier molecular flexibility index (Phi) is 4.85. The van der Waals surface area contributed by atoms with E-state index in [1.54, 1.807) is 6.07 Å². The first-order valence-corrected chi connectivity index (χ1v) is 9.04. The number of carbonyl (C=O) groups is 1. The van der Waals surface area contributed by atoms with Gasteiger partial charge in [0.2, 0.25) is 0 Å². The molecule has 1 atom stereocenters. The summed E-state index contributed by atoms with van der Waals surface area (Å²) < 4.78 is 62.6. The number of hydrogen-bond acceptors (Lipinski definition) is 3. The number of alkyl halides is 2. The Morgan fingerprint density at radius 1 is 1.13 bits per heavy atom. The number of likely N-dealkylation sites (N-methyl/N-ethyl adjacent to an activating group) is 1. The highest BCUT2D eigenvalue weighted by molar-refractivity contribution is 5.89. The Morgan fingerprint density at radius 3 is 2.43 bits per heavy atom. The largest absolute Gasteiger partial charge is 0.373 e. The average molecular weight is 420 g/mol. The molecule has 0 unspecified atom stereocenters. The first-order valence-electron chi connectivity index (χ1n) is 9.04. The minimum Gasteiger partial charge on any atom is -0.373 e. The number of nitrogens with zero attached hydrogens (tertiary/aromatic N) is 1. The zero-order valence-electron chi connectivity index (χ0n) is 15.7. The van der Waals surface area contributed by atoms with E-state index in [9.17, 15) is 27.2 Å². The van der Waals surface area contributed by atoms with Gasteiger partial charge < -0.3 is 14.6 Å². The number of halogens is 4. The number of rotatable bonds is 3. The fourth-order valence-electron chi connectivity index (χ4n) is 3.68. The lowest BCUT2D eigenvalue weighted by Gasteiger charge is -2.35. The number of aromatic nitrogens is 1. The molecule has 1 N–H and O–H groups in total. The fraction of sp³-hybridized carbons (Fsp3) is 0.238. The molecule has 0 saturated heterocycles. The smallest absolute Gasteiger partial charge is 0.349 e. The van der Waals surface area contributed by atoms with Crippen molar-refractivity contribution in [2.75, 3.05) is 13.7 Å². The van der Waals surface area contributed by atoms with Crippen molar-refractivity contribution >= 4 is 16.7 Å². The Morgan fingerprint density at radius 2 is 1.77 bits per heavy atom. The van der Waals surface area contributed by atoms with E-state index in [0.29, 0.717) is 0 Å². The maximum absolute atomic E-state index is 14.8. The number of amides is 1. The van der Waals surface area contributed by atoms with Crippen molar-refractivity contribution in [3.05, 3.63) is 81.3 Å². The van der Waals surface area contributed by atoms with Crippen LogP contribution < -0.4 is 5.56 Å². The molecule has 2 aromatic carbocycles. The summed E-state index contributed by atoms with van der Waals surface area (Å²) in [6.45, 7) is -0.215. The summed E-state index contributed by atoms with van der Waals surface area (Å²) in [7, 11) is 1.18. The molecule has 0 radical (unpaired) electrons. The standard InChI is InChI=1S/C21H16F4N2O3/c1-27(20(29)21(24,25)11-5-3-2-4-6-11)17-10-30-9-16-18(17)12-7-14(22)15(23)8-13(12)19(28)26-16/h2-8,17H,9-10H2,1H3,(H,26,28)/t17-/m0/s1. The maximum Gasteiger partial charge on any atom is 0.349 e. The summed E-state index contributed by atoms with van der Waals surface area (Å²) in [6.07, 6.45) is 0. The van der Waals surface area contributed by atoms with E-state index in [0.717, 1.165) is 29.2 Å². The average Bonchev–Trinajstić information content (AvgIpc) is 2.74. The van der Waals surface area contributed by atoms with E-state index >= 15 is 0 Å². The third-order valence-electron chi connectivity index (χ3n) is 5.23. The van der Waals surface area contributed by atoms with Gasteiger partial charge in [-0.1, -0.05) is 30.3 Å². The van der Waals surface area contributed by atoms with Crippen LogP contribution in [0, 0.1) is 11.6 Å². The van der Waals surface area contributed by atoms with E-state index in [1.807, 2.05) is 0 Å². The normalized spacial score (nSPS) is 16.4. The van der Waals surface area contributed by atoms with Gasteiger partial charge in [0.15, 0.2) is 11.6 Å². The molecule has 0 fully saturated rings. The summed E-state index contributed by atoms with van der Waals surface area (Å²) >= 11 is 0. The molecule has 0 spiro atoms. The summed E-state index contributed by atoms with van der Waals surface area (Å²) in [6, 6.07) is 7.16. The fourth-order valence-corrected chi connectivity index (χ4v) is 3.68. The van der Waals surface area contributed by atoms with Crippen LogP contribution in [0.5, 0.6) is 0 Å². The number of H-pyrrole nitrogens is 1. The van der Waals surface area contributed by atoms with Crippen molar-refractivity contribution in [3.8, 4) is 0 Å². The molecular weight excluding hydrogens is 404 g/mol. The third kappa shape index (κ3) is 3.15. The molecule has 1 amide bonds. The van der Waals surface area contributed by atoms with Crippen LogP contribution in [0.15, 0.2) is 47.3 Å². The van der Waals surface area contributed by atoms with Gasteiger partial charge in [-0.25, -0.2) is 8.78 Å². The minimum atomic E-state index is -3.82. The van der Waals surface area contributed by atoms with Crippen molar-refractivity contribution in [2.24, 2.45) is 0 Å². The van der Waals surface area contributed by atoms with Crippen LogP contribution in [0.3, 0.4) is 0 Å². The maximum atomic E-state index is 14.8. The molecule has 4 rings (SSSR count). The SMILES string of the molecule is CN(C(=O)C(F)(F)c1ccccc1)[C@H]1COCc2[nH]c(=O)c3cc(F)c(F)cc3c21. The van der Waals surface area contributed by atoms with Crippen LogP contribution in [0.1, 0.15) is 22.9 Å². The van der Waals surface area contributed by atoms with Crippen molar-refractivity contribution in [3.63, 3.8) is 0 Å². The van der Waals surface area contributed by atoms with Gasteiger partial charge in [-0.15, -0.1) is 0 Å². The Labute approximate surface area is 167 Å². The molecular formula is C21H16F4N2O3. The van der Waals surface area contributed by atoms with Crippen LogP contribution in [0.2, 0.25) is 0 Å². The van der Waals surface area contributed by atoms with Crippen molar-refractivity contribution in [1.29, 1.82) is 0 Å². The molecule has 0 aliphatic carbocycles. The van der Waals surface area contributed by atoms with Crippen LogP contribution in [0.25, 0.3) is 10.8 Å². The predicted octanol–water partition coefficient (Wildman–Crippen LogP) is 3.63. The third-order valence-corrected chi connectivity index (χ3v) is 5.23. The number of fused-ring (bicyclic) bond motifs is 3. The molecule has 1 aliphatic rings. The molecule has 1 aliphatic heterocycles. The second-order valence-corrected chi connectivity index (χ2v) is 7.05. The van der Waals surface area contributed by atoms with E-state index in [-0.39, 0.29) is 35.2 Å². The van der Waals surface area contributed by atoms with Crippen molar-refractivity contribution < 1.29 is 27.1 Å². The predicted molar refractivity (Wildman–Crippen MR) is 100.0 cm³/mol. The van der Waals surface area contributed by atoms with Gasteiger partial charge in [0.05, 0.1) is 24.6 Å². The molecule has 2 heterocycles. The lowest BCUT2D eigenvalue weighted by Crippen LogP contribution is -2.44. The highest BCUT2D eigenvalue weighted by Gasteiger charge is 2.45. The first-order chi connectivity index (χ1) is 14.2. The quantitative estimate of drug-likeness (QED) is 0.659. The first kappa shape index (κ1) is 20.1. The summed E-state index contributed by atoms with van der Waals surface area (Å²) in [4.78, 5) is 28.3. The number of aromatic amines is 1. The molecule has 156 valence electrons. The molecule has 1 aromatic heterocycles.